The number of ether oxygens (including phenoxy) is 1. The van der Waals surface area contributed by atoms with Crippen LogP contribution >= 0.6 is 0 Å². The first-order valence-corrected chi connectivity index (χ1v) is 9.45. The number of piperazine rings is 1. The summed E-state index contributed by atoms with van der Waals surface area (Å²) in [5.41, 5.74) is 0.326. The van der Waals surface area contributed by atoms with Gasteiger partial charge in [0.1, 0.15) is 18.3 Å². The van der Waals surface area contributed by atoms with Gasteiger partial charge in [-0.25, -0.2) is 9.59 Å². The summed E-state index contributed by atoms with van der Waals surface area (Å²) < 4.78 is 5.39. The second-order valence-electron chi connectivity index (χ2n) is 7.88. The first kappa shape index (κ1) is 18.7. The summed E-state index contributed by atoms with van der Waals surface area (Å²) in [6, 6.07) is -0.856. The summed E-state index contributed by atoms with van der Waals surface area (Å²) in [6.07, 6.45) is -0.0797. The SMILES string of the molecule is CC(=O)N1C[C@H]2CC(COC(=O)N3CCN(C)CC3)=C(C(=O)O)N3C(=O)[C@@H]1[C@@H]23. The third-order valence-corrected chi connectivity index (χ3v) is 6.18. The molecule has 3 saturated heterocycles. The number of amides is 3. The molecule has 4 heterocycles. The van der Waals surface area contributed by atoms with Crippen molar-refractivity contribution >= 4 is 23.9 Å². The molecule has 4 rings (SSSR count). The third-order valence-electron chi connectivity index (χ3n) is 6.18. The van der Waals surface area contributed by atoms with Crippen LogP contribution in [0.5, 0.6) is 0 Å². The van der Waals surface area contributed by atoms with Crippen molar-refractivity contribution in [1.82, 2.24) is 19.6 Å². The normalized spacial score (nSPS) is 29.6. The molecule has 10 heteroatoms. The molecular formula is C18H24N4O6. The van der Waals surface area contributed by atoms with Gasteiger partial charge in [0.2, 0.25) is 5.91 Å². The minimum Gasteiger partial charge on any atom is -0.477 e. The van der Waals surface area contributed by atoms with Crippen molar-refractivity contribution in [3.05, 3.63) is 11.3 Å². The van der Waals surface area contributed by atoms with Crippen molar-refractivity contribution in [2.24, 2.45) is 5.92 Å². The predicted octanol–water partition coefficient (Wildman–Crippen LogP) is -0.829. The number of β-lactam (4-membered cyclic amide) rings is 1. The number of carboxylic acid groups (broad SMARTS) is 1. The van der Waals surface area contributed by atoms with Gasteiger partial charge in [0.25, 0.3) is 5.91 Å². The van der Waals surface area contributed by atoms with E-state index in [-0.39, 0.29) is 36.1 Å². The van der Waals surface area contributed by atoms with Crippen molar-refractivity contribution in [3.63, 3.8) is 0 Å². The van der Waals surface area contributed by atoms with E-state index in [2.05, 4.69) is 4.90 Å². The monoisotopic (exact) mass is 392 g/mol. The number of carbonyl (C=O) groups excluding carboxylic acids is 3. The number of nitrogens with zero attached hydrogens (tertiary/aromatic N) is 4. The van der Waals surface area contributed by atoms with Gasteiger partial charge < -0.3 is 24.5 Å². The maximum absolute atomic E-state index is 12.6. The summed E-state index contributed by atoms with van der Waals surface area (Å²) in [6.45, 7) is 4.30. The average Bonchev–Trinajstić information content (AvgIpc) is 3.02. The Kier molecular flexibility index (Phi) is 4.53. The number of aliphatic carboxylic acids is 1. The molecular weight excluding hydrogens is 368 g/mol. The van der Waals surface area contributed by atoms with Crippen molar-refractivity contribution in [1.29, 1.82) is 0 Å². The molecule has 0 saturated carbocycles. The van der Waals surface area contributed by atoms with Gasteiger partial charge in [0.05, 0.1) is 6.04 Å². The number of carbonyl (C=O) groups is 4. The highest BCUT2D eigenvalue weighted by molar-refractivity contribution is 6.02. The smallest absolute Gasteiger partial charge is 0.410 e. The maximum Gasteiger partial charge on any atom is 0.410 e. The molecule has 3 amide bonds. The molecule has 10 nitrogen and oxygen atoms in total. The largest absolute Gasteiger partial charge is 0.477 e. The zero-order chi connectivity index (χ0) is 20.2. The van der Waals surface area contributed by atoms with Gasteiger partial charge in [-0.3, -0.25) is 14.5 Å². The lowest BCUT2D eigenvalue weighted by Gasteiger charge is -2.49. The lowest BCUT2D eigenvalue weighted by Crippen LogP contribution is -2.69. The molecule has 0 aliphatic carbocycles. The van der Waals surface area contributed by atoms with E-state index in [0.29, 0.717) is 31.6 Å². The fourth-order valence-corrected chi connectivity index (χ4v) is 4.72. The van der Waals surface area contributed by atoms with E-state index in [1.807, 2.05) is 7.05 Å². The molecule has 0 radical (unpaired) electrons. The molecule has 4 aliphatic heterocycles. The molecule has 0 spiro atoms. The second-order valence-corrected chi connectivity index (χ2v) is 7.88. The van der Waals surface area contributed by atoms with E-state index in [1.54, 1.807) is 4.90 Å². The van der Waals surface area contributed by atoms with E-state index in [0.717, 1.165) is 13.1 Å². The Hall–Kier alpha value is -2.62. The van der Waals surface area contributed by atoms with Gasteiger partial charge in [-0.1, -0.05) is 0 Å². The van der Waals surface area contributed by atoms with Crippen molar-refractivity contribution in [2.45, 2.75) is 25.4 Å². The van der Waals surface area contributed by atoms with Crippen LogP contribution in [0.1, 0.15) is 13.3 Å². The van der Waals surface area contributed by atoms with Gasteiger partial charge >= 0.3 is 12.1 Å². The van der Waals surface area contributed by atoms with Gasteiger partial charge in [0.15, 0.2) is 0 Å². The lowest BCUT2D eigenvalue weighted by atomic mass is 9.79. The molecule has 3 fully saturated rings. The van der Waals surface area contributed by atoms with Gasteiger partial charge in [-0.15, -0.1) is 0 Å². The van der Waals surface area contributed by atoms with E-state index in [1.165, 1.54) is 16.7 Å². The van der Waals surface area contributed by atoms with Crippen LogP contribution in [-0.2, 0) is 19.1 Å². The Labute approximate surface area is 162 Å². The van der Waals surface area contributed by atoms with E-state index >= 15 is 0 Å². The Morgan fingerprint density at radius 2 is 1.86 bits per heavy atom. The summed E-state index contributed by atoms with van der Waals surface area (Å²) in [5.74, 6) is -1.81. The zero-order valence-corrected chi connectivity index (χ0v) is 16.0. The van der Waals surface area contributed by atoms with E-state index in [9.17, 15) is 24.3 Å². The van der Waals surface area contributed by atoms with Crippen LogP contribution < -0.4 is 0 Å². The first-order valence-electron chi connectivity index (χ1n) is 9.45. The molecule has 0 aromatic heterocycles. The fraction of sp³-hybridized carbons (Fsp3) is 0.667. The number of hydrogen-bond donors (Lipinski definition) is 1. The third kappa shape index (κ3) is 2.83. The minimum absolute atomic E-state index is 0.0351. The van der Waals surface area contributed by atoms with Crippen molar-refractivity contribution in [3.8, 4) is 0 Å². The molecule has 0 unspecified atom stereocenters. The first-order chi connectivity index (χ1) is 13.3. The van der Waals surface area contributed by atoms with Crippen molar-refractivity contribution < 1.29 is 29.0 Å². The maximum atomic E-state index is 12.6. The summed E-state index contributed by atoms with van der Waals surface area (Å²) in [7, 11) is 1.98. The number of likely N-dealkylation sites (tertiary alicyclic amines) is 1. The molecule has 1 N–H and O–H groups in total. The highest BCUT2D eigenvalue weighted by atomic mass is 16.6. The molecule has 3 atom stereocenters. The Balaban J connectivity index is 1.49. The lowest BCUT2D eigenvalue weighted by molar-refractivity contribution is -0.160. The van der Waals surface area contributed by atoms with Gasteiger partial charge in [0, 0.05) is 45.6 Å². The van der Waals surface area contributed by atoms with E-state index < -0.39 is 18.1 Å². The zero-order valence-electron chi connectivity index (χ0n) is 16.0. The number of likely N-dealkylation sites (N-methyl/N-ethyl adjacent to an activating group) is 1. The average molecular weight is 392 g/mol. The van der Waals surface area contributed by atoms with Crippen molar-refractivity contribution in [2.75, 3.05) is 46.4 Å². The van der Waals surface area contributed by atoms with Gasteiger partial charge in [-0.2, -0.15) is 0 Å². The molecule has 0 bridgehead atoms. The molecule has 4 aliphatic rings. The molecule has 0 aromatic carbocycles. The van der Waals surface area contributed by atoms with Crippen LogP contribution in [0.3, 0.4) is 0 Å². The molecule has 28 heavy (non-hydrogen) atoms. The standard InChI is InChI=1S/C18H24N4O6/c1-10(23)21-8-11-7-12(9-28-18(27)20-5-3-19(2)4-6-20)14(17(25)26)22-13(11)15(21)16(22)24/h11,13,15H,3-9H2,1-2H3,(H,25,26)/t11-,13-,15+/m1/s1. The van der Waals surface area contributed by atoms with Gasteiger partial charge in [-0.05, 0) is 19.0 Å². The topological polar surface area (TPSA) is 111 Å². The van der Waals surface area contributed by atoms with E-state index in [4.69, 9.17) is 4.74 Å². The Bertz CT molecular complexity index is 772. The minimum atomic E-state index is -1.21. The highest BCUT2D eigenvalue weighted by Crippen LogP contribution is 2.47. The summed E-state index contributed by atoms with van der Waals surface area (Å²) in [4.78, 5) is 55.1. The number of carboxylic acids is 1. The Morgan fingerprint density at radius 3 is 2.46 bits per heavy atom. The Morgan fingerprint density at radius 1 is 1.18 bits per heavy atom. The highest BCUT2D eigenvalue weighted by Gasteiger charge is 2.63. The predicted molar refractivity (Wildman–Crippen MR) is 95.0 cm³/mol. The van der Waals surface area contributed by atoms with Crippen LogP contribution in [0.4, 0.5) is 4.79 Å². The summed E-state index contributed by atoms with van der Waals surface area (Å²) in [5, 5.41) is 9.67. The molecule has 152 valence electrons. The quantitative estimate of drug-likeness (QED) is 0.624. The van der Waals surface area contributed by atoms with Crippen LogP contribution in [0, 0.1) is 5.92 Å². The molecule has 0 aromatic rings. The second kappa shape index (κ2) is 6.77. The number of hydrogen-bond acceptors (Lipinski definition) is 6. The number of rotatable bonds is 3. The fourth-order valence-electron chi connectivity index (χ4n) is 4.72. The van der Waals surface area contributed by atoms with Crippen LogP contribution in [0.15, 0.2) is 11.3 Å². The van der Waals surface area contributed by atoms with Crippen LogP contribution in [0.25, 0.3) is 0 Å². The van der Waals surface area contributed by atoms with Crippen LogP contribution in [-0.4, -0.2) is 107 Å². The van der Waals surface area contributed by atoms with Crippen LogP contribution in [0.2, 0.25) is 0 Å². The summed E-state index contributed by atoms with van der Waals surface area (Å²) >= 11 is 0.